The summed E-state index contributed by atoms with van der Waals surface area (Å²) in [4.78, 5) is 14.5. The summed E-state index contributed by atoms with van der Waals surface area (Å²) in [5, 5.41) is 0. The molecule has 1 atom stereocenters. The number of carbonyl (C=O) groups is 1. The molecule has 0 aliphatic carbocycles. The number of rotatable bonds is 3. The molecule has 1 aromatic carbocycles. The minimum absolute atomic E-state index is 0.0403. The number of hydrogen-bond donors (Lipinski definition) is 0. The van der Waals surface area contributed by atoms with Crippen LogP contribution in [-0.2, 0) is 4.79 Å². The first-order valence-corrected chi connectivity index (χ1v) is 7.34. The monoisotopic (exact) mass is 275 g/mol. The van der Waals surface area contributed by atoms with Crippen molar-refractivity contribution in [1.82, 2.24) is 4.90 Å². The van der Waals surface area contributed by atoms with Gasteiger partial charge in [0, 0.05) is 13.0 Å². The molecule has 0 saturated carbocycles. The quantitative estimate of drug-likeness (QED) is 0.840. The third kappa shape index (κ3) is 3.53. The fourth-order valence-corrected chi connectivity index (χ4v) is 2.82. The lowest BCUT2D eigenvalue weighted by Gasteiger charge is -2.28. The second kappa shape index (κ2) is 5.86. The predicted molar refractivity (Wildman–Crippen MR) is 80.8 cm³/mol. The van der Waals surface area contributed by atoms with Crippen LogP contribution in [-0.4, -0.2) is 24.5 Å². The van der Waals surface area contributed by atoms with E-state index in [9.17, 15) is 4.79 Å². The molecule has 110 valence electrons. The summed E-state index contributed by atoms with van der Waals surface area (Å²) in [6.07, 6.45) is 2.73. The summed E-state index contributed by atoms with van der Waals surface area (Å²) < 4.78 is 5.29. The lowest BCUT2D eigenvalue weighted by Crippen LogP contribution is -2.33. The van der Waals surface area contributed by atoms with Gasteiger partial charge in [-0.15, -0.1) is 0 Å². The van der Waals surface area contributed by atoms with E-state index in [4.69, 9.17) is 4.74 Å². The molecule has 3 heteroatoms. The largest absolute Gasteiger partial charge is 0.497 e. The minimum Gasteiger partial charge on any atom is -0.497 e. The molecule has 1 saturated heterocycles. The number of likely N-dealkylation sites (tertiary alicyclic amines) is 1. The van der Waals surface area contributed by atoms with Gasteiger partial charge < -0.3 is 9.64 Å². The Morgan fingerprint density at radius 1 is 1.40 bits per heavy atom. The number of hydrogen-bond acceptors (Lipinski definition) is 2. The van der Waals surface area contributed by atoms with Crippen LogP contribution in [0.3, 0.4) is 0 Å². The van der Waals surface area contributed by atoms with E-state index in [0.29, 0.717) is 6.42 Å². The fraction of sp³-hybridized carbons (Fsp3) is 0.588. The molecule has 1 fully saturated rings. The Morgan fingerprint density at radius 3 is 2.80 bits per heavy atom. The van der Waals surface area contributed by atoms with Gasteiger partial charge in [-0.3, -0.25) is 4.79 Å². The van der Waals surface area contributed by atoms with Gasteiger partial charge in [-0.05, 0) is 36.0 Å². The first-order valence-electron chi connectivity index (χ1n) is 7.34. The normalized spacial score (nSPS) is 19.2. The van der Waals surface area contributed by atoms with Crippen molar-refractivity contribution in [3.8, 4) is 5.75 Å². The van der Waals surface area contributed by atoms with Gasteiger partial charge in [0.05, 0.1) is 13.2 Å². The van der Waals surface area contributed by atoms with Crippen molar-refractivity contribution in [2.75, 3.05) is 13.7 Å². The molecule has 0 bridgehead atoms. The van der Waals surface area contributed by atoms with E-state index in [1.807, 2.05) is 23.1 Å². The van der Waals surface area contributed by atoms with E-state index in [-0.39, 0.29) is 17.4 Å². The van der Waals surface area contributed by atoms with Crippen LogP contribution in [0.5, 0.6) is 5.75 Å². The van der Waals surface area contributed by atoms with Crippen LogP contribution in [0.4, 0.5) is 0 Å². The summed E-state index contributed by atoms with van der Waals surface area (Å²) in [5.74, 6) is 1.13. The van der Waals surface area contributed by atoms with E-state index in [2.05, 4.69) is 26.8 Å². The third-order valence-corrected chi connectivity index (χ3v) is 3.73. The molecule has 0 spiro atoms. The van der Waals surface area contributed by atoms with Gasteiger partial charge in [0.1, 0.15) is 5.75 Å². The maximum Gasteiger partial charge on any atom is 0.223 e. The molecule has 3 nitrogen and oxygen atoms in total. The van der Waals surface area contributed by atoms with Crippen molar-refractivity contribution in [2.45, 2.75) is 46.1 Å². The Labute approximate surface area is 121 Å². The topological polar surface area (TPSA) is 29.5 Å². The van der Waals surface area contributed by atoms with E-state index in [0.717, 1.165) is 25.1 Å². The zero-order chi connectivity index (χ0) is 14.8. The highest BCUT2D eigenvalue weighted by atomic mass is 16.5. The van der Waals surface area contributed by atoms with E-state index in [1.54, 1.807) is 7.11 Å². The third-order valence-electron chi connectivity index (χ3n) is 3.73. The molecule has 0 unspecified atom stereocenters. The number of ether oxygens (including phenoxy) is 1. The molecule has 1 aliphatic rings. The minimum atomic E-state index is 0.0403. The summed E-state index contributed by atoms with van der Waals surface area (Å²) in [6, 6.07) is 8.29. The van der Waals surface area contributed by atoms with Crippen LogP contribution in [0.15, 0.2) is 24.3 Å². The van der Waals surface area contributed by atoms with Crippen LogP contribution in [0, 0.1) is 5.41 Å². The van der Waals surface area contributed by atoms with Gasteiger partial charge >= 0.3 is 0 Å². The van der Waals surface area contributed by atoms with Crippen LogP contribution in [0.25, 0.3) is 0 Å². The number of amides is 1. The lowest BCUT2D eigenvalue weighted by atomic mass is 9.91. The van der Waals surface area contributed by atoms with Crippen molar-refractivity contribution in [2.24, 2.45) is 5.41 Å². The van der Waals surface area contributed by atoms with Gasteiger partial charge in [0.2, 0.25) is 5.91 Å². The van der Waals surface area contributed by atoms with E-state index < -0.39 is 0 Å². The summed E-state index contributed by atoms with van der Waals surface area (Å²) in [7, 11) is 1.68. The van der Waals surface area contributed by atoms with E-state index in [1.165, 1.54) is 5.56 Å². The average Bonchev–Trinajstić information content (AvgIpc) is 2.86. The predicted octanol–water partition coefficient (Wildman–Crippen LogP) is 3.79. The second-order valence-electron chi connectivity index (χ2n) is 6.76. The van der Waals surface area contributed by atoms with E-state index >= 15 is 0 Å². The van der Waals surface area contributed by atoms with Gasteiger partial charge in [0.15, 0.2) is 0 Å². The van der Waals surface area contributed by atoms with Crippen LogP contribution in [0.1, 0.15) is 51.6 Å². The van der Waals surface area contributed by atoms with Gasteiger partial charge in [-0.1, -0.05) is 32.9 Å². The highest BCUT2D eigenvalue weighted by Gasteiger charge is 2.31. The molecule has 1 heterocycles. The maximum atomic E-state index is 12.5. The van der Waals surface area contributed by atoms with Gasteiger partial charge in [-0.25, -0.2) is 0 Å². The number of nitrogens with zero attached hydrogens (tertiary/aromatic N) is 1. The smallest absolute Gasteiger partial charge is 0.223 e. The Balaban J connectivity index is 2.16. The summed E-state index contributed by atoms with van der Waals surface area (Å²) in [5.41, 5.74) is 1.22. The van der Waals surface area contributed by atoms with Crippen molar-refractivity contribution in [3.05, 3.63) is 29.8 Å². The lowest BCUT2D eigenvalue weighted by molar-refractivity contribution is -0.134. The van der Waals surface area contributed by atoms with Crippen molar-refractivity contribution >= 4 is 5.91 Å². The van der Waals surface area contributed by atoms with Gasteiger partial charge in [-0.2, -0.15) is 0 Å². The Kier molecular flexibility index (Phi) is 4.36. The first-order chi connectivity index (χ1) is 9.40. The maximum absolute atomic E-state index is 12.5. The molecular weight excluding hydrogens is 250 g/mol. The Morgan fingerprint density at radius 2 is 2.15 bits per heavy atom. The summed E-state index contributed by atoms with van der Waals surface area (Å²) >= 11 is 0. The van der Waals surface area contributed by atoms with Crippen molar-refractivity contribution in [1.29, 1.82) is 0 Å². The fourth-order valence-electron chi connectivity index (χ4n) is 2.82. The SMILES string of the molecule is COc1cccc([C@@H]2CCCN2C(=O)CC(C)(C)C)c1. The molecule has 20 heavy (non-hydrogen) atoms. The van der Waals surface area contributed by atoms with Crippen molar-refractivity contribution < 1.29 is 9.53 Å². The average molecular weight is 275 g/mol. The Hall–Kier alpha value is -1.51. The molecule has 1 aromatic rings. The molecule has 0 N–H and O–H groups in total. The van der Waals surface area contributed by atoms with Crippen LogP contribution in [0.2, 0.25) is 0 Å². The molecule has 1 aliphatic heterocycles. The standard InChI is InChI=1S/C17H25NO2/c1-17(2,3)12-16(19)18-10-6-9-15(18)13-7-5-8-14(11-13)20-4/h5,7-8,11,15H,6,9-10,12H2,1-4H3/t15-/m0/s1. The van der Waals surface area contributed by atoms with Crippen molar-refractivity contribution in [3.63, 3.8) is 0 Å². The van der Waals surface area contributed by atoms with Crippen LogP contribution >= 0.6 is 0 Å². The highest BCUT2D eigenvalue weighted by Crippen LogP contribution is 2.35. The first kappa shape index (κ1) is 14.9. The zero-order valence-electron chi connectivity index (χ0n) is 13.0. The van der Waals surface area contributed by atoms with Gasteiger partial charge in [0.25, 0.3) is 0 Å². The second-order valence-corrected chi connectivity index (χ2v) is 6.76. The number of carbonyl (C=O) groups excluding carboxylic acids is 1. The summed E-state index contributed by atoms with van der Waals surface area (Å²) in [6.45, 7) is 7.21. The molecule has 2 rings (SSSR count). The number of methoxy groups -OCH3 is 1. The molecule has 1 amide bonds. The van der Waals surface area contributed by atoms with Crippen LogP contribution < -0.4 is 4.74 Å². The zero-order valence-corrected chi connectivity index (χ0v) is 13.0. The number of benzene rings is 1. The molecular formula is C17H25NO2. The molecule has 0 radical (unpaired) electrons. The Bertz CT molecular complexity index is 476. The highest BCUT2D eigenvalue weighted by molar-refractivity contribution is 5.77. The molecule has 0 aromatic heterocycles.